The van der Waals surface area contributed by atoms with Gasteiger partial charge in [0.1, 0.15) is 0 Å². The van der Waals surface area contributed by atoms with Gasteiger partial charge in [-0.25, -0.2) is 0 Å². The van der Waals surface area contributed by atoms with E-state index in [0.717, 1.165) is 6.61 Å². The van der Waals surface area contributed by atoms with Crippen molar-refractivity contribution >= 4 is 8.32 Å². The zero-order chi connectivity index (χ0) is 16.2. The normalized spacial score (nSPS) is 12.9. The molecule has 0 saturated heterocycles. The van der Waals surface area contributed by atoms with Crippen LogP contribution in [0.15, 0.2) is 0 Å². The largest absolute Gasteiger partial charge is 0.414 e. The van der Waals surface area contributed by atoms with Crippen molar-refractivity contribution in [2.24, 2.45) is 0 Å². The molecule has 128 valence electrons. The van der Waals surface area contributed by atoms with Crippen molar-refractivity contribution in [3.05, 3.63) is 0 Å². The van der Waals surface area contributed by atoms with Gasteiger partial charge in [-0.05, 0) is 24.6 Å². The summed E-state index contributed by atoms with van der Waals surface area (Å²) in [6.07, 6.45) is 6.44. The van der Waals surface area contributed by atoms with E-state index < -0.39 is 8.32 Å². The summed E-state index contributed by atoms with van der Waals surface area (Å²) in [5, 5.41) is 0.272. The summed E-state index contributed by atoms with van der Waals surface area (Å²) in [6.45, 7) is 17.2. The Balaban J connectivity index is 3.30. The first-order chi connectivity index (χ1) is 9.81. The lowest BCUT2D eigenvalue weighted by Gasteiger charge is -2.36. The zero-order valence-corrected chi connectivity index (χ0v) is 16.3. The Hall–Kier alpha value is 0.0969. The number of rotatable bonds is 13. The van der Waals surface area contributed by atoms with Crippen LogP contribution in [0.5, 0.6) is 0 Å². The van der Waals surface area contributed by atoms with Gasteiger partial charge in [0.25, 0.3) is 0 Å². The van der Waals surface area contributed by atoms with E-state index in [-0.39, 0.29) is 5.04 Å². The third kappa shape index (κ3) is 11.3. The molecule has 3 nitrogen and oxygen atoms in total. The van der Waals surface area contributed by atoms with E-state index in [1.807, 2.05) is 0 Å². The van der Waals surface area contributed by atoms with Gasteiger partial charge in [0, 0.05) is 6.61 Å². The van der Waals surface area contributed by atoms with Crippen LogP contribution >= 0.6 is 0 Å². The minimum atomic E-state index is -1.61. The second-order valence-corrected chi connectivity index (χ2v) is 12.1. The molecule has 21 heavy (non-hydrogen) atoms. The Morgan fingerprint density at radius 2 is 1.24 bits per heavy atom. The molecule has 0 spiro atoms. The molecule has 0 aromatic rings. The Kier molecular flexibility index (Phi) is 11.7. The van der Waals surface area contributed by atoms with Crippen LogP contribution in [-0.4, -0.2) is 41.4 Å². The Morgan fingerprint density at radius 1 is 0.714 bits per heavy atom. The van der Waals surface area contributed by atoms with E-state index in [2.05, 4.69) is 40.8 Å². The van der Waals surface area contributed by atoms with E-state index >= 15 is 0 Å². The molecule has 0 atom stereocenters. The fraction of sp³-hybridized carbons (Fsp3) is 1.00. The van der Waals surface area contributed by atoms with Gasteiger partial charge >= 0.3 is 0 Å². The second kappa shape index (κ2) is 11.6. The van der Waals surface area contributed by atoms with Crippen molar-refractivity contribution in [3.63, 3.8) is 0 Å². The molecule has 0 N–H and O–H groups in total. The van der Waals surface area contributed by atoms with Crippen molar-refractivity contribution in [2.45, 2.75) is 77.9 Å². The quantitative estimate of drug-likeness (QED) is 0.353. The van der Waals surface area contributed by atoms with E-state index in [9.17, 15) is 0 Å². The van der Waals surface area contributed by atoms with Gasteiger partial charge in [-0.15, -0.1) is 0 Å². The van der Waals surface area contributed by atoms with Gasteiger partial charge in [-0.3, -0.25) is 0 Å². The molecule has 0 rings (SSSR count). The summed E-state index contributed by atoms with van der Waals surface area (Å²) in [7, 11) is -1.61. The standard InChI is InChI=1S/C17H38O3Si/c1-7-8-9-10-11-12-18-13-14-19-15-16-20-21(5,6)17(2,3)4/h7-16H2,1-6H3. The molecule has 0 aliphatic carbocycles. The van der Waals surface area contributed by atoms with Crippen molar-refractivity contribution in [3.8, 4) is 0 Å². The van der Waals surface area contributed by atoms with Gasteiger partial charge in [0.05, 0.1) is 26.4 Å². The van der Waals surface area contributed by atoms with Crippen LogP contribution in [0.4, 0.5) is 0 Å². The van der Waals surface area contributed by atoms with Crippen molar-refractivity contribution in [1.29, 1.82) is 0 Å². The lowest BCUT2D eigenvalue weighted by molar-refractivity contribution is 0.0336. The fourth-order valence-corrected chi connectivity index (χ4v) is 2.73. The SMILES string of the molecule is CCCCCCCOCCOCCO[Si](C)(C)C(C)(C)C. The van der Waals surface area contributed by atoms with Crippen LogP contribution in [0.3, 0.4) is 0 Å². The molecule has 0 aromatic heterocycles. The maximum Gasteiger partial charge on any atom is 0.192 e. The second-order valence-electron chi connectivity index (χ2n) is 7.25. The molecule has 0 aromatic carbocycles. The summed E-state index contributed by atoms with van der Waals surface area (Å²) in [6, 6.07) is 0. The molecule has 0 bridgehead atoms. The lowest BCUT2D eigenvalue weighted by atomic mass is 10.2. The van der Waals surface area contributed by atoms with Gasteiger partial charge in [-0.1, -0.05) is 53.4 Å². The number of hydrogen-bond acceptors (Lipinski definition) is 3. The molecule has 0 radical (unpaired) electrons. The molecule has 0 aliphatic heterocycles. The number of unbranched alkanes of at least 4 members (excludes halogenated alkanes) is 4. The molecule has 4 heteroatoms. The van der Waals surface area contributed by atoms with Crippen LogP contribution in [0.1, 0.15) is 59.8 Å². The monoisotopic (exact) mass is 318 g/mol. The van der Waals surface area contributed by atoms with Crippen molar-refractivity contribution in [2.75, 3.05) is 33.0 Å². The first-order valence-corrected chi connectivity index (χ1v) is 11.5. The lowest BCUT2D eigenvalue weighted by Crippen LogP contribution is -2.41. The van der Waals surface area contributed by atoms with Crippen LogP contribution in [-0.2, 0) is 13.9 Å². The predicted octanol–water partition coefficient (Wildman–Crippen LogP) is 5.01. The third-order valence-electron chi connectivity index (χ3n) is 4.26. The maximum absolute atomic E-state index is 6.05. The minimum absolute atomic E-state index is 0.272. The van der Waals surface area contributed by atoms with E-state index in [0.29, 0.717) is 26.4 Å². The Bertz CT molecular complexity index is 237. The van der Waals surface area contributed by atoms with Crippen LogP contribution in [0.25, 0.3) is 0 Å². The third-order valence-corrected chi connectivity index (χ3v) is 8.80. The smallest absolute Gasteiger partial charge is 0.192 e. The van der Waals surface area contributed by atoms with Crippen molar-refractivity contribution in [1.82, 2.24) is 0 Å². The fourth-order valence-electron chi connectivity index (χ4n) is 1.70. The molecular weight excluding hydrogens is 280 g/mol. The highest BCUT2D eigenvalue weighted by molar-refractivity contribution is 6.74. The highest BCUT2D eigenvalue weighted by Gasteiger charge is 2.36. The first kappa shape index (κ1) is 21.1. The average molecular weight is 319 g/mol. The molecule has 0 unspecified atom stereocenters. The van der Waals surface area contributed by atoms with E-state index in [4.69, 9.17) is 13.9 Å². The zero-order valence-electron chi connectivity index (χ0n) is 15.3. The highest BCUT2D eigenvalue weighted by atomic mass is 28.4. The number of hydrogen-bond donors (Lipinski definition) is 0. The molecule has 0 saturated carbocycles. The van der Waals surface area contributed by atoms with Crippen LogP contribution in [0.2, 0.25) is 18.1 Å². The summed E-state index contributed by atoms with van der Waals surface area (Å²) < 4.78 is 17.2. The summed E-state index contributed by atoms with van der Waals surface area (Å²) >= 11 is 0. The Labute approximate surface area is 133 Å². The summed E-state index contributed by atoms with van der Waals surface area (Å²) in [5.41, 5.74) is 0. The first-order valence-electron chi connectivity index (χ1n) is 8.60. The van der Waals surface area contributed by atoms with Gasteiger partial charge in [0.2, 0.25) is 0 Å². The molecule has 0 heterocycles. The van der Waals surface area contributed by atoms with Gasteiger partial charge in [0.15, 0.2) is 8.32 Å². The Morgan fingerprint density at radius 3 is 1.81 bits per heavy atom. The van der Waals surface area contributed by atoms with E-state index in [1.54, 1.807) is 0 Å². The van der Waals surface area contributed by atoms with Gasteiger partial charge < -0.3 is 13.9 Å². The van der Waals surface area contributed by atoms with Crippen LogP contribution < -0.4 is 0 Å². The molecule has 0 fully saturated rings. The number of ether oxygens (including phenoxy) is 2. The molecular formula is C17H38O3Si. The summed E-state index contributed by atoms with van der Waals surface area (Å²) in [4.78, 5) is 0. The van der Waals surface area contributed by atoms with E-state index in [1.165, 1.54) is 32.1 Å². The maximum atomic E-state index is 6.05. The van der Waals surface area contributed by atoms with Gasteiger partial charge in [-0.2, -0.15) is 0 Å². The van der Waals surface area contributed by atoms with Crippen molar-refractivity contribution < 1.29 is 13.9 Å². The minimum Gasteiger partial charge on any atom is -0.414 e. The molecule has 0 amide bonds. The topological polar surface area (TPSA) is 27.7 Å². The molecule has 0 aliphatic rings. The predicted molar refractivity (Wildman–Crippen MR) is 93.5 cm³/mol. The average Bonchev–Trinajstić information content (AvgIpc) is 2.38. The summed E-state index contributed by atoms with van der Waals surface area (Å²) in [5.74, 6) is 0. The highest BCUT2D eigenvalue weighted by Crippen LogP contribution is 2.36. The van der Waals surface area contributed by atoms with Crippen LogP contribution in [0, 0.1) is 0 Å².